The molecule has 1 aromatic carbocycles. The number of rotatable bonds is 4. The van der Waals surface area contributed by atoms with E-state index in [0.717, 1.165) is 56.5 Å². The Balaban J connectivity index is 1.43. The minimum absolute atomic E-state index is 0.318. The number of piperazine rings is 1. The molecule has 2 aliphatic heterocycles. The summed E-state index contributed by atoms with van der Waals surface area (Å²) in [7, 11) is 0. The summed E-state index contributed by atoms with van der Waals surface area (Å²) in [4.78, 5) is 18.4. The lowest BCUT2D eigenvalue weighted by Gasteiger charge is -2.37. The van der Waals surface area contributed by atoms with E-state index in [1.165, 1.54) is 16.9 Å². The molecule has 0 aliphatic carbocycles. The molecule has 0 spiro atoms. The predicted molar refractivity (Wildman–Crippen MR) is 119 cm³/mol. The molecule has 0 saturated carbocycles. The van der Waals surface area contributed by atoms with Crippen LogP contribution in [-0.4, -0.2) is 66.6 Å². The summed E-state index contributed by atoms with van der Waals surface area (Å²) in [5.41, 5.74) is 2.37. The van der Waals surface area contributed by atoms with Gasteiger partial charge in [-0.1, -0.05) is 32.9 Å². The Morgan fingerprint density at radius 1 is 1.11 bits per heavy atom. The van der Waals surface area contributed by atoms with Gasteiger partial charge in [-0.25, -0.2) is 0 Å². The molecule has 154 valence electrons. The third kappa shape index (κ3) is 5.67. The molecule has 28 heavy (non-hydrogen) atoms. The van der Waals surface area contributed by atoms with E-state index in [4.69, 9.17) is 12.2 Å². The number of anilines is 1. The third-order valence-corrected chi connectivity index (χ3v) is 6.35. The fourth-order valence-corrected chi connectivity index (χ4v) is 4.72. The summed E-state index contributed by atoms with van der Waals surface area (Å²) < 4.78 is 0. The van der Waals surface area contributed by atoms with Gasteiger partial charge in [-0.15, -0.1) is 0 Å². The molecule has 0 radical (unpaired) electrons. The molecule has 0 bridgehead atoms. The number of quaternary nitrogens is 1. The highest BCUT2D eigenvalue weighted by molar-refractivity contribution is 7.80. The summed E-state index contributed by atoms with van der Waals surface area (Å²) in [5.74, 6) is 1.56. The van der Waals surface area contributed by atoms with Gasteiger partial charge in [0.2, 0.25) is 0 Å². The van der Waals surface area contributed by atoms with Gasteiger partial charge in [-0.2, -0.15) is 0 Å². The highest BCUT2D eigenvalue weighted by Crippen LogP contribution is 2.20. The van der Waals surface area contributed by atoms with Crippen molar-refractivity contribution in [1.29, 1.82) is 0 Å². The largest absolute Gasteiger partial charge is 0.338 e. The molecule has 2 N–H and O–H groups in total. The maximum Gasteiger partial charge on any atom is 0.277 e. The summed E-state index contributed by atoms with van der Waals surface area (Å²) in [6, 6.07) is 8.46. The van der Waals surface area contributed by atoms with E-state index in [1.54, 1.807) is 0 Å². The molecule has 2 fully saturated rings. The highest BCUT2D eigenvalue weighted by atomic mass is 32.1. The van der Waals surface area contributed by atoms with Crippen molar-refractivity contribution in [2.24, 2.45) is 11.8 Å². The van der Waals surface area contributed by atoms with Gasteiger partial charge >= 0.3 is 0 Å². The second-order valence-electron chi connectivity index (χ2n) is 8.64. The van der Waals surface area contributed by atoms with Gasteiger partial charge in [0.05, 0.1) is 26.2 Å². The van der Waals surface area contributed by atoms with Crippen LogP contribution in [0.2, 0.25) is 0 Å². The van der Waals surface area contributed by atoms with E-state index in [-0.39, 0.29) is 0 Å². The van der Waals surface area contributed by atoms with Gasteiger partial charge < -0.3 is 20.0 Å². The van der Waals surface area contributed by atoms with Crippen LogP contribution in [0.5, 0.6) is 0 Å². The van der Waals surface area contributed by atoms with Gasteiger partial charge in [-0.3, -0.25) is 4.79 Å². The Kier molecular flexibility index (Phi) is 7.30. The van der Waals surface area contributed by atoms with Crippen LogP contribution in [0.25, 0.3) is 0 Å². The third-order valence-electron chi connectivity index (χ3n) is 5.99. The van der Waals surface area contributed by atoms with Crippen LogP contribution < -0.4 is 10.2 Å². The number of carbonyl (C=O) groups is 1. The second-order valence-corrected chi connectivity index (χ2v) is 9.03. The number of hydrogen-bond acceptors (Lipinski definition) is 2. The molecule has 1 amide bonds. The number of hydrogen-bond donors (Lipinski definition) is 2. The van der Waals surface area contributed by atoms with Gasteiger partial charge in [-0.05, 0) is 54.6 Å². The number of carbonyl (C=O) groups excluding carboxylic acids is 1. The first-order chi connectivity index (χ1) is 13.4. The van der Waals surface area contributed by atoms with E-state index in [1.807, 2.05) is 0 Å². The average molecular weight is 404 g/mol. The number of thiocarbonyl (C=S) groups is 1. The first-order valence-corrected chi connectivity index (χ1v) is 11.1. The predicted octanol–water partition coefficient (Wildman–Crippen LogP) is 1.65. The van der Waals surface area contributed by atoms with Crippen LogP contribution in [0.4, 0.5) is 5.69 Å². The number of benzene rings is 1. The molecule has 2 aliphatic rings. The van der Waals surface area contributed by atoms with Crippen molar-refractivity contribution in [3.05, 3.63) is 29.8 Å². The number of likely N-dealkylation sites (tertiary alicyclic amines) is 1. The Hall–Kier alpha value is -1.66. The van der Waals surface area contributed by atoms with E-state index in [2.05, 4.69) is 60.2 Å². The zero-order valence-electron chi connectivity index (χ0n) is 17.5. The van der Waals surface area contributed by atoms with Crippen molar-refractivity contribution in [1.82, 2.24) is 9.80 Å². The minimum atomic E-state index is 0.318. The van der Waals surface area contributed by atoms with Gasteiger partial charge in [0, 0.05) is 18.8 Å². The number of piperidine rings is 1. The summed E-state index contributed by atoms with van der Waals surface area (Å²) in [6.45, 7) is 12.8. The minimum Gasteiger partial charge on any atom is -0.338 e. The highest BCUT2D eigenvalue weighted by Gasteiger charge is 2.29. The zero-order valence-corrected chi connectivity index (χ0v) is 18.4. The summed E-state index contributed by atoms with van der Waals surface area (Å²) >= 11 is 5.60. The lowest BCUT2D eigenvalue weighted by molar-refractivity contribution is -0.896. The van der Waals surface area contributed by atoms with Crippen molar-refractivity contribution in [3.63, 3.8) is 0 Å². The normalized spacial score (nSPS) is 23.5. The number of nitrogens with zero attached hydrogens (tertiary/aromatic N) is 2. The van der Waals surface area contributed by atoms with E-state index in [0.29, 0.717) is 24.3 Å². The molecule has 2 atom stereocenters. The molecule has 2 heterocycles. The first kappa shape index (κ1) is 21.1. The van der Waals surface area contributed by atoms with Crippen molar-refractivity contribution < 1.29 is 9.69 Å². The topological polar surface area (TPSA) is 40.0 Å². The van der Waals surface area contributed by atoms with Crippen LogP contribution in [0.15, 0.2) is 24.3 Å². The fourth-order valence-electron chi connectivity index (χ4n) is 4.42. The molecule has 2 saturated heterocycles. The summed E-state index contributed by atoms with van der Waals surface area (Å²) in [5, 5.41) is 4.14. The molecular weight excluding hydrogens is 368 g/mol. The standard InChI is InChI=1S/C22H34N4OS/c1-4-19-5-7-20(8-6-19)23-22(28)25-11-9-24(10-12-25)16-21(27)26-14-17(2)13-18(3)15-26/h5-8,17-18H,4,9-16H2,1-3H3,(H,23,28)/p+1/t17-,18-/m0/s1. The maximum atomic E-state index is 12.7. The van der Waals surface area contributed by atoms with Gasteiger partial charge in [0.15, 0.2) is 11.7 Å². The lowest BCUT2D eigenvalue weighted by atomic mass is 9.92. The second kappa shape index (κ2) is 9.70. The lowest BCUT2D eigenvalue weighted by Crippen LogP contribution is -3.15. The van der Waals surface area contributed by atoms with Crippen LogP contribution in [-0.2, 0) is 11.2 Å². The van der Waals surface area contributed by atoms with Crippen molar-refractivity contribution in [2.75, 3.05) is 51.1 Å². The number of aryl methyl sites for hydroxylation is 1. The van der Waals surface area contributed by atoms with Gasteiger partial charge in [0.25, 0.3) is 5.91 Å². The van der Waals surface area contributed by atoms with Crippen LogP contribution >= 0.6 is 12.2 Å². The Morgan fingerprint density at radius 2 is 1.71 bits per heavy atom. The Morgan fingerprint density at radius 3 is 2.29 bits per heavy atom. The summed E-state index contributed by atoms with van der Waals surface area (Å²) in [6.07, 6.45) is 2.28. The Bertz CT molecular complexity index is 660. The fraction of sp³-hybridized carbons (Fsp3) is 0.636. The van der Waals surface area contributed by atoms with Crippen LogP contribution in [0.1, 0.15) is 32.8 Å². The Labute approximate surface area is 175 Å². The van der Waals surface area contributed by atoms with Crippen molar-refractivity contribution in [3.8, 4) is 0 Å². The molecular formula is C22H35N4OS+. The number of nitrogens with one attached hydrogen (secondary N) is 2. The maximum absolute atomic E-state index is 12.7. The number of amides is 1. The molecule has 5 nitrogen and oxygen atoms in total. The average Bonchev–Trinajstić information content (AvgIpc) is 2.68. The molecule has 0 unspecified atom stereocenters. The van der Waals surface area contributed by atoms with Gasteiger partial charge in [0.1, 0.15) is 0 Å². The zero-order chi connectivity index (χ0) is 20.1. The molecule has 0 aromatic heterocycles. The molecule has 3 rings (SSSR count). The monoisotopic (exact) mass is 403 g/mol. The molecule has 6 heteroatoms. The quantitative estimate of drug-likeness (QED) is 0.750. The van der Waals surface area contributed by atoms with Crippen molar-refractivity contribution >= 4 is 28.9 Å². The van der Waals surface area contributed by atoms with Crippen LogP contribution in [0, 0.1) is 11.8 Å². The van der Waals surface area contributed by atoms with Crippen LogP contribution in [0.3, 0.4) is 0 Å². The van der Waals surface area contributed by atoms with E-state index < -0.39 is 0 Å². The van der Waals surface area contributed by atoms with Crippen molar-refractivity contribution in [2.45, 2.75) is 33.6 Å². The SMILES string of the molecule is CCc1ccc(NC(=S)N2CC[NH+](CC(=O)N3C[C@@H](C)C[C@H](C)C3)CC2)cc1. The first-order valence-electron chi connectivity index (χ1n) is 10.7. The van der Waals surface area contributed by atoms with E-state index >= 15 is 0 Å². The smallest absolute Gasteiger partial charge is 0.277 e. The molecule has 1 aromatic rings. The van der Waals surface area contributed by atoms with E-state index in [9.17, 15) is 4.79 Å².